The van der Waals surface area contributed by atoms with Gasteiger partial charge in [0.05, 0.1) is 10.8 Å². The average Bonchev–Trinajstić information content (AvgIpc) is 3.58. The number of aromatic nitrogens is 7. The van der Waals surface area contributed by atoms with Gasteiger partial charge in [0, 0.05) is 54.1 Å². The Balaban J connectivity index is 0.000000186. The fourth-order valence-electron chi connectivity index (χ4n) is 3.91. The minimum Gasteiger partial charge on any atom is -0.383 e. The zero-order chi connectivity index (χ0) is 29.1. The summed E-state index contributed by atoms with van der Waals surface area (Å²) in [4.78, 5) is 16.9. The van der Waals surface area contributed by atoms with Gasteiger partial charge in [-0.15, -0.1) is 0 Å². The molecule has 5 heterocycles. The Hall–Kier alpha value is -2.49. The molecule has 0 amide bonds. The lowest BCUT2D eigenvalue weighted by Gasteiger charge is -2.15. The second-order valence-corrected chi connectivity index (χ2v) is 24.0. The molecule has 0 aliphatic rings. The van der Waals surface area contributed by atoms with Crippen LogP contribution in [0.2, 0.25) is 61.9 Å². The van der Waals surface area contributed by atoms with E-state index in [9.17, 15) is 0 Å². The third-order valence-electron chi connectivity index (χ3n) is 6.29. The largest absolute Gasteiger partial charge is 0.383 e. The molecule has 0 aliphatic heterocycles. The van der Waals surface area contributed by atoms with Crippen LogP contribution in [-0.4, -0.2) is 62.8 Å². The molecule has 0 unspecified atom stereocenters. The van der Waals surface area contributed by atoms with E-state index in [0.717, 1.165) is 47.4 Å². The van der Waals surface area contributed by atoms with Crippen LogP contribution in [0.4, 0.5) is 5.82 Å². The number of hydrogen-bond donors (Lipinski definition) is 1. The van der Waals surface area contributed by atoms with Gasteiger partial charge < -0.3 is 24.3 Å². The SMILES string of the molecule is C[Si](C)(C)CCOCn1ccc2c(N)nc(Cl)nc21.C[Si](C)(C)CCOCn1ccc2c1nc(Cl)n1ccnc21. The second kappa shape index (κ2) is 12.6. The molecule has 0 spiro atoms. The number of nitrogens with two attached hydrogens (primary N) is 1. The number of anilines is 1. The average molecular weight is 622 g/mol. The van der Waals surface area contributed by atoms with Gasteiger partial charge in [-0.25, -0.2) is 15.0 Å². The molecular formula is C26H38Cl2N8O2Si2. The van der Waals surface area contributed by atoms with Gasteiger partial charge in [0.15, 0.2) is 0 Å². The van der Waals surface area contributed by atoms with Crippen LogP contribution in [0.1, 0.15) is 0 Å². The molecule has 5 aromatic rings. The van der Waals surface area contributed by atoms with Crippen molar-refractivity contribution in [1.82, 2.24) is 33.5 Å². The van der Waals surface area contributed by atoms with Crippen molar-refractivity contribution >= 4 is 72.9 Å². The summed E-state index contributed by atoms with van der Waals surface area (Å²) >= 11 is 12.0. The van der Waals surface area contributed by atoms with E-state index in [2.05, 4.69) is 59.2 Å². The number of halogens is 2. The van der Waals surface area contributed by atoms with Gasteiger partial charge in [0.25, 0.3) is 0 Å². The topological polar surface area (TPSA) is 110 Å². The molecule has 0 fully saturated rings. The number of hydrogen-bond acceptors (Lipinski definition) is 7. The van der Waals surface area contributed by atoms with E-state index < -0.39 is 16.1 Å². The predicted molar refractivity (Wildman–Crippen MR) is 169 cm³/mol. The van der Waals surface area contributed by atoms with Gasteiger partial charge in [-0.2, -0.15) is 4.98 Å². The quantitative estimate of drug-likeness (QED) is 0.106. The number of ether oxygens (including phenoxy) is 2. The Morgan fingerprint density at radius 2 is 1.30 bits per heavy atom. The molecule has 0 saturated heterocycles. The Labute approximate surface area is 246 Å². The molecule has 0 aliphatic carbocycles. The van der Waals surface area contributed by atoms with E-state index in [1.54, 1.807) is 10.6 Å². The van der Waals surface area contributed by atoms with Gasteiger partial charge in [-0.05, 0) is 47.4 Å². The minimum atomic E-state index is -1.05. The molecule has 0 radical (unpaired) electrons. The highest BCUT2D eigenvalue weighted by Crippen LogP contribution is 2.23. The van der Waals surface area contributed by atoms with Gasteiger partial charge in [-0.1, -0.05) is 39.3 Å². The summed E-state index contributed by atoms with van der Waals surface area (Å²) in [6.45, 7) is 16.5. The molecule has 0 bridgehead atoms. The molecule has 40 heavy (non-hydrogen) atoms. The minimum absolute atomic E-state index is 0.159. The van der Waals surface area contributed by atoms with E-state index in [0.29, 0.717) is 30.2 Å². The molecule has 5 rings (SSSR count). The van der Waals surface area contributed by atoms with Crippen molar-refractivity contribution < 1.29 is 9.47 Å². The number of nitrogen functional groups attached to an aromatic ring is 1. The summed E-state index contributed by atoms with van der Waals surface area (Å²) in [5, 5.41) is 2.36. The third-order valence-corrected chi connectivity index (χ3v) is 10.1. The lowest BCUT2D eigenvalue weighted by molar-refractivity contribution is 0.0898. The van der Waals surface area contributed by atoms with Crippen molar-refractivity contribution in [2.24, 2.45) is 0 Å². The lowest BCUT2D eigenvalue weighted by atomic mass is 10.4. The maximum absolute atomic E-state index is 6.19. The highest BCUT2D eigenvalue weighted by molar-refractivity contribution is 6.76. The first kappa shape index (κ1) is 30.5. The van der Waals surface area contributed by atoms with E-state index in [-0.39, 0.29) is 5.28 Å². The number of rotatable bonds is 10. The molecule has 2 N–H and O–H groups in total. The molecule has 14 heteroatoms. The van der Waals surface area contributed by atoms with Crippen LogP contribution < -0.4 is 5.73 Å². The van der Waals surface area contributed by atoms with Gasteiger partial charge in [0.2, 0.25) is 10.6 Å². The van der Waals surface area contributed by atoms with Crippen LogP contribution in [0, 0.1) is 0 Å². The summed E-state index contributed by atoms with van der Waals surface area (Å²) in [6.07, 6.45) is 7.40. The Kier molecular flexibility index (Phi) is 9.58. The Bertz CT molecular complexity index is 1590. The number of fused-ring (bicyclic) bond motifs is 4. The first-order valence-electron chi connectivity index (χ1n) is 13.2. The zero-order valence-corrected chi connectivity index (χ0v) is 27.5. The van der Waals surface area contributed by atoms with Crippen molar-refractivity contribution in [2.45, 2.75) is 64.8 Å². The van der Waals surface area contributed by atoms with Crippen LogP contribution in [0.5, 0.6) is 0 Å². The second-order valence-electron chi connectivity index (χ2n) is 12.1. The van der Waals surface area contributed by atoms with Crippen LogP contribution in [0.15, 0.2) is 36.9 Å². The summed E-state index contributed by atoms with van der Waals surface area (Å²) < 4.78 is 17.1. The predicted octanol–water partition coefficient (Wildman–Crippen LogP) is 6.63. The molecule has 216 valence electrons. The smallest absolute Gasteiger partial charge is 0.226 e. The van der Waals surface area contributed by atoms with Crippen molar-refractivity contribution in [3.63, 3.8) is 0 Å². The zero-order valence-electron chi connectivity index (χ0n) is 24.0. The van der Waals surface area contributed by atoms with Crippen molar-refractivity contribution in [3.8, 4) is 0 Å². The first-order chi connectivity index (χ1) is 18.8. The van der Waals surface area contributed by atoms with Crippen LogP contribution >= 0.6 is 23.2 Å². The summed E-state index contributed by atoms with van der Waals surface area (Å²) in [7, 11) is -2.11. The monoisotopic (exact) mass is 620 g/mol. The maximum atomic E-state index is 6.19. The van der Waals surface area contributed by atoms with Crippen molar-refractivity contribution in [1.29, 1.82) is 0 Å². The van der Waals surface area contributed by atoms with Gasteiger partial charge in [0.1, 0.15) is 36.2 Å². The summed E-state index contributed by atoms with van der Waals surface area (Å²) in [5.41, 5.74) is 8.15. The van der Waals surface area contributed by atoms with Gasteiger partial charge >= 0.3 is 0 Å². The fourth-order valence-corrected chi connectivity index (χ4v) is 5.81. The Morgan fingerprint density at radius 1 is 0.750 bits per heavy atom. The Morgan fingerprint density at radius 3 is 1.88 bits per heavy atom. The molecule has 10 nitrogen and oxygen atoms in total. The highest BCUT2D eigenvalue weighted by atomic mass is 35.5. The maximum Gasteiger partial charge on any atom is 0.226 e. The first-order valence-corrected chi connectivity index (χ1v) is 21.4. The standard InChI is InChI=1S/C14H19ClN4OSi.C12H19ClN4OSi/c1-21(2,3)9-8-20-10-18-6-4-11-12-16-5-7-19(12)14(15)17-13(11)18;1-19(2,3)7-6-18-8-17-5-4-9-10(14)15-12(13)16-11(9)17/h4-7H,8-10H2,1-3H3;4-5H,6-8H2,1-3H3,(H2,14,15,16). The molecular weight excluding hydrogens is 583 g/mol. The molecule has 0 atom stereocenters. The van der Waals surface area contributed by atoms with E-state index in [1.165, 1.54) is 0 Å². The van der Waals surface area contributed by atoms with Crippen LogP contribution in [0.25, 0.3) is 27.7 Å². The molecule has 5 aromatic heterocycles. The van der Waals surface area contributed by atoms with Crippen molar-refractivity contribution in [3.05, 3.63) is 47.5 Å². The molecule has 0 saturated carbocycles. The van der Waals surface area contributed by atoms with E-state index in [1.807, 2.05) is 39.9 Å². The van der Waals surface area contributed by atoms with Crippen LogP contribution in [0.3, 0.4) is 0 Å². The van der Waals surface area contributed by atoms with Crippen molar-refractivity contribution in [2.75, 3.05) is 18.9 Å². The van der Waals surface area contributed by atoms with Gasteiger partial charge in [-0.3, -0.25) is 4.40 Å². The highest BCUT2D eigenvalue weighted by Gasteiger charge is 2.15. The third kappa shape index (κ3) is 7.83. The van der Waals surface area contributed by atoms with E-state index >= 15 is 0 Å². The lowest BCUT2D eigenvalue weighted by Crippen LogP contribution is -2.22. The normalized spacial score (nSPS) is 12.4. The molecule has 0 aromatic carbocycles. The fraction of sp³-hybridized carbons (Fsp3) is 0.462. The summed E-state index contributed by atoms with van der Waals surface area (Å²) in [5.74, 6) is 0.399. The summed E-state index contributed by atoms with van der Waals surface area (Å²) in [6, 6.07) is 6.18. The van der Waals surface area contributed by atoms with E-state index in [4.69, 9.17) is 38.4 Å². The number of nitrogens with zero attached hydrogens (tertiary/aromatic N) is 7. The number of imidazole rings is 1. The van der Waals surface area contributed by atoms with Crippen LogP contribution in [-0.2, 0) is 22.9 Å².